The molecule has 3 N–H and O–H groups in total. The Morgan fingerprint density at radius 3 is 2.50 bits per heavy atom. The van der Waals surface area contributed by atoms with Gasteiger partial charge in [-0.2, -0.15) is 0 Å². The zero-order valence-electron chi connectivity index (χ0n) is 12.9. The Balaban J connectivity index is 2.91. The summed E-state index contributed by atoms with van der Waals surface area (Å²) in [5.41, 5.74) is 7.62. The first-order valence-electron chi connectivity index (χ1n) is 7.29. The van der Waals surface area contributed by atoms with Gasteiger partial charge in [0, 0.05) is 31.8 Å². The van der Waals surface area contributed by atoms with Crippen molar-refractivity contribution in [1.82, 2.24) is 4.90 Å². The van der Waals surface area contributed by atoms with Crippen LogP contribution in [0.1, 0.15) is 37.8 Å². The first-order valence-corrected chi connectivity index (χ1v) is 7.29. The maximum absolute atomic E-state index is 7.69. The third-order valence-electron chi connectivity index (χ3n) is 3.72. The highest BCUT2D eigenvalue weighted by molar-refractivity contribution is 5.96. The first kappa shape index (κ1) is 16.7. The average Bonchev–Trinajstić information content (AvgIpc) is 2.46. The Labute approximate surface area is 122 Å². The fraction of sp³-hybridized carbons (Fsp3) is 0.562. The molecule has 0 aromatic heterocycles. The van der Waals surface area contributed by atoms with E-state index in [0.717, 1.165) is 43.7 Å². The van der Waals surface area contributed by atoms with E-state index < -0.39 is 0 Å². The maximum Gasteiger partial charge on any atom is 0.123 e. The molecule has 0 saturated carbocycles. The van der Waals surface area contributed by atoms with Crippen molar-refractivity contribution in [2.24, 2.45) is 5.73 Å². The Kier molecular flexibility index (Phi) is 7.26. The van der Waals surface area contributed by atoms with Crippen molar-refractivity contribution in [3.05, 3.63) is 35.4 Å². The van der Waals surface area contributed by atoms with Crippen LogP contribution in [0.5, 0.6) is 0 Å². The van der Waals surface area contributed by atoms with E-state index in [2.05, 4.69) is 24.8 Å². The van der Waals surface area contributed by atoms with E-state index in [9.17, 15) is 0 Å². The van der Waals surface area contributed by atoms with Crippen LogP contribution in [0.3, 0.4) is 0 Å². The van der Waals surface area contributed by atoms with Crippen LogP contribution in [0.2, 0.25) is 0 Å². The van der Waals surface area contributed by atoms with E-state index in [1.807, 2.05) is 18.2 Å². The largest absolute Gasteiger partial charge is 0.384 e. The summed E-state index contributed by atoms with van der Waals surface area (Å²) < 4.78 is 5.22. The van der Waals surface area contributed by atoms with Gasteiger partial charge in [-0.15, -0.1) is 0 Å². The molecule has 0 aliphatic heterocycles. The number of methoxy groups -OCH3 is 1. The van der Waals surface area contributed by atoms with Crippen LogP contribution >= 0.6 is 0 Å². The summed E-state index contributed by atoms with van der Waals surface area (Å²) in [4.78, 5) is 2.42. The molecule has 4 nitrogen and oxygen atoms in total. The molecule has 1 aromatic carbocycles. The van der Waals surface area contributed by atoms with Gasteiger partial charge in [-0.3, -0.25) is 10.3 Å². The summed E-state index contributed by atoms with van der Waals surface area (Å²) in [6.07, 6.45) is 2.23. The minimum absolute atomic E-state index is 0.136. The van der Waals surface area contributed by atoms with Gasteiger partial charge < -0.3 is 10.5 Å². The fourth-order valence-corrected chi connectivity index (χ4v) is 2.54. The average molecular weight is 277 g/mol. The molecule has 0 atom stereocenters. The minimum atomic E-state index is 0.136. The number of benzene rings is 1. The van der Waals surface area contributed by atoms with Crippen LogP contribution < -0.4 is 5.73 Å². The summed E-state index contributed by atoms with van der Waals surface area (Å²) >= 11 is 0. The highest BCUT2D eigenvalue weighted by atomic mass is 16.5. The van der Waals surface area contributed by atoms with Crippen molar-refractivity contribution >= 4 is 5.84 Å². The number of nitrogens with zero attached hydrogens (tertiary/aromatic N) is 1. The van der Waals surface area contributed by atoms with Gasteiger partial charge in [0.2, 0.25) is 0 Å². The lowest BCUT2D eigenvalue weighted by Crippen LogP contribution is -2.37. The molecule has 1 rings (SSSR count). The second-order valence-corrected chi connectivity index (χ2v) is 5.00. The Hall–Kier alpha value is -1.39. The predicted octanol–water partition coefficient (Wildman–Crippen LogP) is 2.61. The number of nitrogens with two attached hydrogens (primary N) is 1. The SMILES string of the molecule is CCC(CC)N(CCOC)Cc1ccccc1C(=N)N. The van der Waals surface area contributed by atoms with E-state index in [0.29, 0.717) is 6.04 Å². The van der Waals surface area contributed by atoms with E-state index in [1.54, 1.807) is 7.11 Å². The molecule has 112 valence electrons. The van der Waals surface area contributed by atoms with E-state index in [4.69, 9.17) is 15.9 Å². The standard InChI is InChI=1S/C16H27N3O/c1-4-14(5-2)19(10-11-20-3)12-13-8-6-7-9-15(13)16(17)18/h6-9,14H,4-5,10-12H2,1-3H3,(H3,17,18). The summed E-state index contributed by atoms with van der Waals surface area (Å²) in [6.45, 7) is 6.86. The Bertz CT molecular complexity index is 416. The maximum atomic E-state index is 7.69. The number of hydrogen-bond acceptors (Lipinski definition) is 3. The van der Waals surface area contributed by atoms with Gasteiger partial charge in [-0.25, -0.2) is 0 Å². The van der Waals surface area contributed by atoms with Gasteiger partial charge >= 0.3 is 0 Å². The number of nitrogen functional groups attached to an aromatic ring is 1. The molecule has 0 saturated heterocycles. The highest BCUT2D eigenvalue weighted by Crippen LogP contribution is 2.16. The second kappa shape index (κ2) is 8.72. The topological polar surface area (TPSA) is 62.3 Å². The Morgan fingerprint density at radius 1 is 1.30 bits per heavy atom. The third kappa shape index (κ3) is 4.62. The minimum Gasteiger partial charge on any atom is -0.384 e. The highest BCUT2D eigenvalue weighted by Gasteiger charge is 2.17. The molecule has 1 aromatic rings. The zero-order chi connectivity index (χ0) is 15.0. The number of amidine groups is 1. The molecule has 0 aliphatic carbocycles. The van der Waals surface area contributed by atoms with Crippen LogP contribution in [0.15, 0.2) is 24.3 Å². The van der Waals surface area contributed by atoms with E-state index in [-0.39, 0.29) is 5.84 Å². The lowest BCUT2D eigenvalue weighted by molar-refractivity contribution is 0.110. The second-order valence-electron chi connectivity index (χ2n) is 5.00. The van der Waals surface area contributed by atoms with Crippen molar-refractivity contribution < 1.29 is 4.74 Å². The molecule has 0 spiro atoms. The van der Waals surface area contributed by atoms with E-state index >= 15 is 0 Å². The van der Waals surface area contributed by atoms with Gasteiger partial charge in [0.25, 0.3) is 0 Å². The number of hydrogen-bond donors (Lipinski definition) is 2. The first-order chi connectivity index (χ1) is 9.63. The molecular weight excluding hydrogens is 250 g/mol. The molecule has 0 amide bonds. The molecule has 0 aliphatic rings. The van der Waals surface area contributed by atoms with Gasteiger partial charge in [-0.05, 0) is 18.4 Å². The molecule has 0 fully saturated rings. The molecule has 0 radical (unpaired) electrons. The third-order valence-corrected chi connectivity index (χ3v) is 3.72. The van der Waals surface area contributed by atoms with Crippen LogP contribution in [0.4, 0.5) is 0 Å². The molecule has 0 heterocycles. The van der Waals surface area contributed by atoms with Crippen molar-refractivity contribution in [1.29, 1.82) is 5.41 Å². The lowest BCUT2D eigenvalue weighted by Gasteiger charge is -2.30. The van der Waals surface area contributed by atoms with Crippen LogP contribution in [0.25, 0.3) is 0 Å². The number of nitrogens with one attached hydrogen (secondary N) is 1. The van der Waals surface area contributed by atoms with Gasteiger partial charge in [0.1, 0.15) is 5.84 Å². The summed E-state index contributed by atoms with van der Waals surface area (Å²) in [6, 6.07) is 8.43. The van der Waals surface area contributed by atoms with Crippen molar-refractivity contribution in [3.63, 3.8) is 0 Å². The van der Waals surface area contributed by atoms with Gasteiger partial charge in [0.15, 0.2) is 0 Å². The smallest absolute Gasteiger partial charge is 0.123 e. The lowest BCUT2D eigenvalue weighted by atomic mass is 10.0. The van der Waals surface area contributed by atoms with E-state index in [1.165, 1.54) is 0 Å². The monoisotopic (exact) mass is 277 g/mol. The molecule has 0 unspecified atom stereocenters. The predicted molar refractivity (Wildman–Crippen MR) is 84.1 cm³/mol. The Morgan fingerprint density at radius 2 is 1.95 bits per heavy atom. The quantitative estimate of drug-likeness (QED) is 0.539. The summed E-state index contributed by atoms with van der Waals surface area (Å²) in [5.74, 6) is 0.136. The van der Waals surface area contributed by atoms with Crippen molar-refractivity contribution in [2.75, 3.05) is 20.3 Å². The normalized spacial score (nSPS) is 11.2. The fourth-order valence-electron chi connectivity index (χ4n) is 2.54. The van der Waals surface area contributed by atoms with Crippen LogP contribution in [0, 0.1) is 5.41 Å². The summed E-state index contributed by atoms with van der Waals surface area (Å²) in [7, 11) is 1.73. The zero-order valence-corrected chi connectivity index (χ0v) is 12.9. The molecular formula is C16H27N3O. The van der Waals surface area contributed by atoms with Crippen molar-refractivity contribution in [2.45, 2.75) is 39.3 Å². The summed E-state index contributed by atoms with van der Waals surface area (Å²) in [5, 5.41) is 7.69. The van der Waals surface area contributed by atoms with Crippen molar-refractivity contribution in [3.8, 4) is 0 Å². The van der Waals surface area contributed by atoms with Gasteiger partial charge in [0.05, 0.1) is 6.61 Å². The molecule has 20 heavy (non-hydrogen) atoms. The van der Waals surface area contributed by atoms with Crippen LogP contribution in [-0.4, -0.2) is 37.0 Å². The molecule has 4 heteroatoms. The molecule has 0 bridgehead atoms. The van der Waals surface area contributed by atoms with Crippen LogP contribution in [-0.2, 0) is 11.3 Å². The number of ether oxygens (including phenoxy) is 1. The number of rotatable bonds is 9. The van der Waals surface area contributed by atoms with Gasteiger partial charge in [-0.1, -0.05) is 38.1 Å².